The van der Waals surface area contributed by atoms with E-state index in [2.05, 4.69) is 4.98 Å². The van der Waals surface area contributed by atoms with E-state index in [0.29, 0.717) is 29.7 Å². The molecule has 0 saturated heterocycles. The Balaban J connectivity index is 1.46. The molecule has 1 N–H and O–H groups in total. The summed E-state index contributed by atoms with van der Waals surface area (Å²) in [7, 11) is 0. The van der Waals surface area contributed by atoms with Crippen molar-refractivity contribution >= 4 is 28.9 Å². The number of carboxylic acid groups (broad SMARTS) is 1. The highest BCUT2D eigenvalue weighted by Gasteiger charge is 2.34. The van der Waals surface area contributed by atoms with Gasteiger partial charge in [0.25, 0.3) is 0 Å². The minimum atomic E-state index is -4.42. The van der Waals surface area contributed by atoms with Crippen LogP contribution in [0, 0.1) is 11.8 Å². The van der Waals surface area contributed by atoms with Crippen LogP contribution in [0.2, 0.25) is 0 Å². The number of rotatable bonds is 9. The van der Waals surface area contributed by atoms with Crippen molar-refractivity contribution in [1.29, 1.82) is 0 Å². The SMILES string of the molecule is O=C(O)c1ccc(CCC[C@@H]2[C@@H](CCOc3cc(C(F)(F)F)ccn3)CC[C@H]2Cl)s1. The predicted octanol–water partition coefficient (Wildman–Crippen LogP) is 6.29. The second kappa shape index (κ2) is 10.0. The molecule has 30 heavy (non-hydrogen) atoms. The number of hydrogen-bond acceptors (Lipinski definition) is 4. The zero-order valence-electron chi connectivity index (χ0n) is 16.2. The zero-order chi connectivity index (χ0) is 21.7. The highest BCUT2D eigenvalue weighted by atomic mass is 35.5. The molecular formula is C21H23ClF3NO3S. The fourth-order valence-electron chi connectivity index (χ4n) is 3.99. The summed E-state index contributed by atoms with van der Waals surface area (Å²) in [6.07, 6.45) is 1.95. The number of pyridine rings is 1. The van der Waals surface area contributed by atoms with Gasteiger partial charge in [0.15, 0.2) is 0 Å². The Morgan fingerprint density at radius 1 is 1.27 bits per heavy atom. The van der Waals surface area contributed by atoms with Crippen LogP contribution in [0.3, 0.4) is 0 Å². The molecule has 0 amide bonds. The molecule has 2 aromatic heterocycles. The maximum Gasteiger partial charge on any atom is 0.416 e. The van der Waals surface area contributed by atoms with Gasteiger partial charge in [0.2, 0.25) is 5.88 Å². The largest absolute Gasteiger partial charge is 0.478 e. The lowest BCUT2D eigenvalue weighted by Gasteiger charge is -2.22. The average molecular weight is 462 g/mol. The van der Waals surface area contributed by atoms with Gasteiger partial charge in [0.05, 0.1) is 12.2 Å². The van der Waals surface area contributed by atoms with Crippen molar-refractivity contribution in [2.75, 3.05) is 6.61 Å². The third-order valence-corrected chi connectivity index (χ3v) is 7.19. The van der Waals surface area contributed by atoms with Crippen LogP contribution in [-0.4, -0.2) is 28.0 Å². The van der Waals surface area contributed by atoms with Crippen LogP contribution in [0.5, 0.6) is 5.88 Å². The van der Waals surface area contributed by atoms with Gasteiger partial charge in [-0.15, -0.1) is 22.9 Å². The lowest BCUT2D eigenvalue weighted by Crippen LogP contribution is -2.18. The first kappa shape index (κ1) is 22.9. The van der Waals surface area contributed by atoms with Crippen molar-refractivity contribution in [1.82, 2.24) is 4.98 Å². The lowest BCUT2D eigenvalue weighted by atomic mass is 9.88. The first-order valence-electron chi connectivity index (χ1n) is 9.86. The van der Waals surface area contributed by atoms with Gasteiger partial charge in [-0.1, -0.05) is 0 Å². The number of nitrogens with zero attached hydrogens (tertiary/aromatic N) is 1. The monoisotopic (exact) mass is 461 g/mol. The van der Waals surface area contributed by atoms with Gasteiger partial charge < -0.3 is 9.84 Å². The maximum atomic E-state index is 12.8. The summed E-state index contributed by atoms with van der Waals surface area (Å²) >= 11 is 7.81. The smallest absolute Gasteiger partial charge is 0.416 e. The number of hydrogen-bond donors (Lipinski definition) is 1. The highest BCUT2D eigenvalue weighted by Crippen LogP contribution is 2.41. The molecule has 1 saturated carbocycles. The van der Waals surface area contributed by atoms with Crippen LogP contribution < -0.4 is 4.74 Å². The van der Waals surface area contributed by atoms with Gasteiger partial charge in [-0.3, -0.25) is 0 Å². The molecule has 0 bridgehead atoms. The van der Waals surface area contributed by atoms with E-state index in [0.717, 1.165) is 55.3 Å². The minimum Gasteiger partial charge on any atom is -0.478 e. The summed E-state index contributed by atoms with van der Waals surface area (Å²) in [5.41, 5.74) is -0.772. The minimum absolute atomic E-state index is 0.0197. The fraction of sp³-hybridized carbons (Fsp3) is 0.524. The van der Waals surface area contributed by atoms with E-state index in [1.54, 1.807) is 6.07 Å². The van der Waals surface area contributed by atoms with E-state index in [4.69, 9.17) is 21.4 Å². The van der Waals surface area contributed by atoms with Gasteiger partial charge in [0, 0.05) is 22.5 Å². The van der Waals surface area contributed by atoms with Crippen molar-refractivity contribution in [3.63, 3.8) is 0 Å². The van der Waals surface area contributed by atoms with E-state index >= 15 is 0 Å². The molecule has 3 atom stereocenters. The number of aryl methyl sites for hydroxylation is 1. The Labute approximate surface area is 182 Å². The first-order chi connectivity index (χ1) is 14.2. The van der Waals surface area contributed by atoms with Gasteiger partial charge in [-0.05, 0) is 68.6 Å². The molecular weight excluding hydrogens is 439 g/mol. The topological polar surface area (TPSA) is 59.4 Å². The fourth-order valence-corrected chi connectivity index (χ4v) is 5.34. The summed E-state index contributed by atoms with van der Waals surface area (Å²) in [6, 6.07) is 5.33. The number of alkyl halides is 4. The van der Waals surface area contributed by atoms with Gasteiger partial charge in [0.1, 0.15) is 4.88 Å². The molecule has 2 aromatic rings. The third-order valence-electron chi connectivity index (χ3n) is 5.52. The second-order valence-corrected chi connectivity index (χ2v) is 9.23. The summed E-state index contributed by atoms with van der Waals surface area (Å²) < 4.78 is 43.8. The number of aromatic carboxylic acids is 1. The molecule has 9 heteroatoms. The molecule has 0 unspecified atom stereocenters. The predicted molar refractivity (Wildman–Crippen MR) is 109 cm³/mol. The van der Waals surface area contributed by atoms with Gasteiger partial charge in [-0.25, -0.2) is 9.78 Å². The number of carbonyl (C=O) groups is 1. The van der Waals surface area contributed by atoms with Crippen LogP contribution in [0.25, 0.3) is 0 Å². The molecule has 0 aliphatic heterocycles. The van der Waals surface area contributed by atoms with Crippen LogP contribution in [0.4, 0.5) is 13.2 Å². The Morgan fingerprint density at radius 3 is 2.77 bits per heavy atom. The third kappa shape index (κ3) is 6.11. The molecule has 1 fully saturated rings. The zero-order valence-corrected chi connectivity index (χ0v) is 17.8. The van der Waals surface area contributed by atoms with Crippen LogP contribution in [0.15, 0.2) is 30.5 Å². The van der Waals surface area contributed by atoms with Crippen LogP contribution in [0.1, 0.15) is 52.2 Å². The number of halogens is 4. The highest BCUT2D eigenvalue weighted by molar-refractivity contribution is 7.13. The van der Waals surface area contributed by atoms with E-state index in [9.17, 15) is 18.0 Å². The normalized spacial score (nSPS) is 21.7. The quantitative estimate of drug-likeness (QED) is 0.446. The Bertz CT molecular complexity index is 858. The molecule has 0 radical (unpaired) electrons. The standard InChI is InChI=1S/C21H23ClF3NO3S/c22-17-6-4-13(9-11-29-19-12-14(8-10-26-19)21(23,24)25)16(17)3-1-2-15-5-7-18(30-15)20(27)28/h5,7-8,10,12-13,16-17H,1-4,6,9,11H2,(H,27,28)/t13-,16-,17-/m1/s1. The van der Waals surface area contributed by atoms with E-state index in [-0.39, 0.29) is 11.3 Å². The van der Waals surface area contributed by atoms with Crippen molar-refractivity contribution in [2.45, 2.75) is 50.1 Å². The van der Waals surface area contributed by atoms with Crippen molar-refractivity contribution < 1.29 is 27.8 Å². The van der Waals surface area contributed by atoms with Crippen molar-refractivity contribution in [3.8, 4) is 5.88 Å². The maximum absolute atomic E-state index is 12.8. The van der Waals surface area contributed by atoms with Crippen LogP contribution in [-0.2, 0) is 12.6 Å². The molecule has 0 aromatic carbocycles. The lowest BCUT2D eigenvalue weighted by molar-refractivity contribution is -0.137. The molecule has 3 rings (SSSR count). The van der Waals surface area contributed by atoms with E-state index in [1.807, 2.05) is 6.07 Å². The summed E-state index contributed by atoms with van der Waals surface area (Å²) in [5.74, 6) is -0.244. The Kier molecular flexibility index (Phi) is 7.63. The number of aromatic nitrogens is 1. The number of thiophene rings is 1. The summed E-state index contributed by atoms with van der Waals surface area (Å²) in [6.45, 7) is 0.298. The Hall–Kier alpha value is -1.80. The second-order valence-electron chi connectivity index (χ2n) is 7.50. The van der Waals surface area contributed by atoms with Gasteiger partial charge in [-0.2, -0.15) is 13.2 Å². The molecule has 4 nitrogen and oxygen atoms in total. The average Bonchev–Trinajstić information content (AvgIpc) is 3.30. The Morgan fingerprint density at radius 2 is 2.07 bits per heavy atom. The van der Waals surface area contributed by atoms with Crippen LogP contribution >= 0.6 is 22.9 Å². The molecule has 1 aliphatic rings. The number of carboxylic acids is 1. The molecule has 1 aliphatic carbocycles. The molecule has 164 valence electrons. The first-order valence-corrected chi connectivity index (χ1v) is 11.1. The summed E-state index contributed by atoms with van der Waals surface area (Å²) in [4.78, 5) is 16.2. The van der Waals surface area contributed by atoms with Gasteiger partial charge >= 0.3 is 12.1 Å². The van der Waals surface area contributed by atoms with Crippen molar-refractivity contribution in [2.24, 2.45) is 11.8 Å². The number of ether oxygens (including phenoxy) is 1. The van der Waals surface area contributed by atoms with Crippen molar-refractivity contribution in [3.05, 3.63) is 45.8 Å². The van der Waals surface area contributed by atoms with E-state index in [1.165, 1.54) is 11.3 Å². The molecule has 2 heterocycles. The molecule has 0 spiro atoms. The summed E-state index contributed by atoms with van der Waals surface area (Å²) in [5, 5.41) is 9.09. The van der Waals surface area contributed by atoms with E-state index < -0.39 is 17.7 Å².